The van der Waals surface area contributed by atoms with Crippen molar-refractivity contribution in [3.05, 3.63) is 41.7 Å². The zero-order valence-corrected chi connectivity index (χ0v) is 11.6. The minimum absolute atomic E-state index is 0.452. The largest absolute Gasteiger partial charge is 0.383 e. The van der Waals surface area contributed by atoms with Crippen molar-refractivity contribution < 1.29 is 0 Å². The molecule has 0 radical (unpaired) electrons. The summed E-state index contributed by atoms with van der Waals surface area (Å²) in [5.74, 6) is 1.79. The fraction of sp³-hybridized carbons (Fsp3) is 0.333. The second-order valence-corrected chi connectivity index (χ2v) is 4.81. The highest BCUT2D eigenvalue weighted by atomic mass is 15.0. The number of nitrogen functional groups attached to an aromatic ring is 1. The number of nitrogens with two attached hydrogens (primary N) is 1. The molecule has 0 spiro atoms. The Morgan fingerprint density at radius 1 is 1.21 bits per heavy atom. The molecule has 0 amide bonds. The lowest BCUT2D eigenvalue weighted by molar-refractivity contribution is 0.868. The molecule has 1 aromatic heterocycles. The molecule has 1 heterocycles. The number of anilines is 3. The van der Waals surface area contributed by atoms with Gasteiger partial charge in [0.15, 0.2) is 0 Å². The number of hydrogen-bond acceptors (Lipinski definition) is 4. The summed E-state index contributed by atoms with van der Waals surface area (Å²) in [5, 5.41) is 3.38. The summed E-state index contributed by atoms with van der Waals surface area (Å²) in [6.45, 7) is 6.40. The summed E-state index contributed by atoms with van der Waals surface area (Å²) < 4.78 is 0. The van der Waals surface area contributed by atoms with Crippen LogP contribution in [0, 0.1) is 0 Å². The first-order valence-electron chi connectivity index (χ1n) is 6.58. The van der Waals surface area contributed by atoms with Gasteiger partial charge >= 0.3 is 0 Å². The fourth-order valence-electron chi connectivity index (χ4n) is 2.12. The minimum Gasteiger partial charge on any atom is -0.383 e. The van der Waals surface area contributed by atoms with Crippen molar-refractivity contribution in [3.63, 3.8) is 0 Å². The highest BCUT2D eigenvalue weighted by molar-refractivity contribution is 5.66. The molecule has 2 rings (SSSR count). The first kappa shape index (κ1) is 13.3. The highest BCUT2D eigenvalue weighted by Gasteiger charge is 2.10. The lowest BCUT2D eigenvalue weighted by Gasteiger charge is -2.16. The minimum atomic E-state index is 0.452. The number of aromatic nitrogens is 2. The van der Waals surface area contributed by atoms with Crippen molar-refractivity contribution in [2.24, 2.45) is 0 Å². The van der Waals surface area contributed by atoms with Gasteiger partial charge in [0.25, 0.3) is 0 Å². The van der Waals surface area contributed by atoms with Gasteiger partial charge in [-0.25, -0.2) is 9.97 Å². The third-order valence-electron chi connectivity index (χ3n) is 3.17. The van der Waals surface area contributed by atoms with Crippen LogP contribution in [0.5, 0.6) is 0 Å². The zero-order chi connectivity index (χ0) is 13.8. The van der Waals surface area contributed by atoms with Crippen LogP contribution in [0.4, 0.5) is 17.3 Å². The van der Waals surface area contributed by atoms with Crippen LogP contribution in [-0.2, 0) is 6.42 Å². The summed E-state index contributed by atoms with van der Waals surface area (Å²) in [4.78, 5) is 8.34. The predicted molar refractivity (Wildman–Crippen MR) is 79.6 cm³/mol. The van der Waals surface area contributed by atoms with E-state index >= 15 is 0 Å². The SMILES string of the molecule is CCc1c(N)ncnc1Nc1ccccc1C(C)C. The van der Waals surface area contributed by atoms with Crippen LogP contribution >= 0.6 is 0 Å². The fourth-order valence-corrected chi connectivity index (χ4v) is 2.12. The Kier molecular flexibility index (Phi) is 4.00. The van der Waals surface area contributed by atoms with Crippen LogP contribution in [0.25, 0.3) is 0 Å². The molecule has 4 nitrogen and oxygen atoms in total. The van der Waals surface area contributed by atoms with Crippen molar-refractivity contribution in [1.29, 1.82) is 0 Å². The van der Waals surface area contributed by atoms with Crippen LogP contribution < -0.4 is 11.1 Å². The number of benzene rings is 1. The summed E-state index contributed by atoms with van der Waals surface area (Å²) in [6, 6.07) is 8.26. The van der Waals surface area contributed by atoms with Crippen molar-refractivity contribution in [2.45, 2.75) is 33.1 Å². The van der Waals surface area contributed by atoms with E-state index in [-0.39, 0.29) is 0 Å². The van der Waals surface area contributed by atoms with Crippen molar-refractivity contribution in [1.82, 2.24) is 9.97 Å². The normalized spacial score (nSPS) is 10.7. The topological polar surface area (TPSA) is 63.8 Å². The number of rotatable bonds is 4. The van der Waals surface area contributed by atoms with Gasteiger partial charge in [0.05, 0.1) is 0 Å². The van der Waals surface area contributed by atoms with Crippen molar-refractivity contribution >= 4 is 17.3 Å². The Bertz CT molecular complexity index is 564. The molecule has 0 atom stereocenters. The van der Waals surface area contributed by atoms with Gasteiger partial charge in [0.2, 0.25) is 0 Å². The Hall–Kier alpha value is -2.10. The van der Waals surface area contributed by atoms with Gasteiger partial charge in [0, 0.05) is 11.3 Å². The van der Waals surface area contributed by atoms with E-state index in [1.165, 1.54) is 11.9 Å². The molecule has 0 unspecified atom stereocenters. The molecule has 0 aliphatic rings. The third-order valence-corrected chi connectivity index (χ3v) is 3.17. The molecule has 0 saturated heterocycles. The van der Waals surface area contributed by atoms with E-state index in [1.54, 1.807) is 0 Å². The maximum Gasteiger partial charge on any atom is 0.139 e. The smallest absolute Gasteiger partial charge is 0.139 e. The van der Waals surface area contributed by atoms with Crippen LogP contribution in [-0.4, -0.2) is 9.97 Å². The molecule has 0 aliphatic heterocycles. The number of para-hydroxylation sites is 1. The standard InChI is InChI=1S/C15H20N4/c1-4-11-14(16)17-9-18-15(11)19-13-8-6-5-7-12(13)10(2)3/h5-10H,4H2,1-3H3,(H3,16,17,18,19). The van der Waals surface area contributed by atoms with Crippen LogP contribution in [0.2, 0.25) is 0 Å². The summed E-state index contributed by atoms with van der Waals surface area (Å²) in [6.07, 6.45) is 2.30. The van der Waals surface area contributed by atoms with Crippen LogP contribution in [0.15, 0.2) is 30.6 Å². The molecular weight excluding hydrogens is 236 g/mol. The van der Waals surface area contributed by atoms with Crippen molar-refractivity contribution in [3.8, 4) is 0 Å². The van der Waals surface area contributed by atoms with Gasteiger partial charge in [-0.3, -0.25) is 0 Å². The van der Waals surface area contributed by atoms with E-state index in [0.717, 1.165) is 23.5 Å². The lowest BCUT2D eigenvalue weighted by Crippen LogP contribution is -2.06. The quantitative estimate of drug-likeness (QED) is 0.879. The van der Waals surface area contributed by atoms with Gasteiger partial charge in [-0.2, -0.15) is 0 Å². The maximum absolute atomic E-state index is 5.89. The Balaban J connectivity index is 2.39. The molecule has 0 aliphatic carbocycles. The van der Waals surface area contributed by atoms with Crippen molar-refractivity contribution in [2.75, 3.05) is 11.1 Å². The first-order chi connectivity index (χ1) is 9.13. The summed E-state index contributed by atoms with van der Waals surface area (Å²) in [5.41, 5.74) is 9.19. The lowest BCUT2D eigenvalue weighted by atomic mass is 10.0. The van der Waals surface area contributed by atoms with Gasteiger partial charge < -0.3 is 11.1 Å². The third kappa shape index (κ3) is 2.84. The van der Waals surface area contributed by atoms with Gasteiger partial charge in [-0.1, -0.05) is 39.0 Å². The summed E-state index contributed by atoms with van der Waals surface area (Å²) in [7, 11) is 0. The van der Waals surface area contributed by atoms with Crippen LogP contribution in [0.3, 0.4) is 0 Å². The molecule has 3 N–H and O–H groups in total. The predicted octanol–water partition coefficient (Wildman–Crippen LogP) is 3.49. The average Bonchev–Trinajstić information content (AvgIpc) is 2.39. The van der Waals surface area contributed by atoms with E-state index < -0.39 is 0 Å². The van der Waals surface area contributed by atoms with Gasteiger partial charge in [0.1, 0.15) is 18.0 Å². The zero-order valence-electron chi connectivity index (χ0n) is 11.6. The molecule has 0 fully saturated rings. The molecular formula is C15H20N4. The first-order valence-corrected chi connectivity index (χ1v) is 6.58. The number of nitrogens with zero attached hydrogens (tertiary/aromatic N) is 2. The Morgan fingerprint density at radius 3 is 2.63 bits per heavy atom. The second kappa shape index (κ2) is 5.69. The number of hydrogen-bond donors (Lipinski definition) is 2. The molecule has 2 aromatic rings. The maximum atomic E-state index is 5.89. The molecule has 0 bridgehead atoms. The van der Waals surface area contributed by atoms with Gasteiger partial charge in [-0.15, -0.1) is 0 Å². The molecule has 0 saturated carbocycles. The molecule has 1 aromatic carbocycles. The van der Waals surface area contributed by atoms with E-state index in [1.807, 2.05) is 6.07 Å². The van der Waals surface area contributed by atoms with E-state index in [9.17, 15) is 0 Å². The van der Waals surface area contributed by atoms with E-state index in [4.69, 9.17) is 5.73 Å². The van der Waals surface area contributed by atoms with E-state index in [2.05, 4.69) is 54.3 Å². The summed E-state index contributed by atoms with van der Waals surface area (Å²) >= 11 is 0. The average molecular weight is 256 g/mol. The monoisotopic (exact) mass is 256 g/mol. The molecule has 19 heavy (non-hydrogen) atoms. The van der Waals surface area contributed by atoms with Crippen LogP contribution in [0.1, 0.15) is 37.8 Å². The molecule has 4 heteroatoms. The van der Waals surface area contributed by atoms with Gasteiger partial charge in [-0.05, 0) is 24.0 Å². The Morgan fingerprint density at radius 2 is 1.95 bits per heavy atom. The number of nitrogens with one attached hydrogen (secondary N) is 1. The Labute approximate surface area is 114 Å². The van der Waals surface area contributed by atoms with E-state index in [0.29, 0.717) is 11.7 Å². The highest BCUT2D eigenvalue weighted by Crippen LogP contribution is 2.28. The second-order valence-electron chi connectivity index (χ2n) is 4.81. The molecule has 100 valence electrons.